The van der Waals surface area contributed by atoms with Gasteiger partial charge in [0.15, 0.2) is 0 Å². The summed E-state index contributed by atoms with van der Waals surface area (Å²) in [5, 5.41) is 15.9. The number of hydrogen-bond donors (Lipinski definition) is 4. The van der Waals surface area contributed by atoms with Crippen molar-refractivity contribution in [1.82, 2.24) is 16.0 Å². The number of carboxylic acids is 1. The van der Waals surface area contributed by atoms with Gasteiger partial charge >= 0.3 is 5.97 Å². The lowest BCUT2D eigenvalue weighted by Crippen LogP contribution is -2.43. The number of carboxylic acid groups (broad SMARTS) is 1. The van der Waals surface area contributed by atoms with Crippen molar-refractivity contribution in [1.29, 1.82) is 0 Å². The molecule has 0 fully saturated rings. The van der Waals surface area contributed by atoms with Gasteiger partial charge in [-0.2, -0.15) is 0 Å². The van der Waals surface area contributed by atoms with Gasteiger partial charge in [-0.15, -0.1) is 6.42 Å². The van der Waals surface area contributed by atoms with E-state index in [1.807, 2.05) is 0 Å². The van der Waals surface area contributed by atoms with E-state index >= 15 is 0 Å². The average Bonchev–Trinajstić information content (AvgIpc) is 2.45. The van der Waals surface area contributed by atoms with Crippen molar-refractivity contribution in [2.45, 2.75) is 13.3 Å². The van der Waals surface area contributed by atoms with Crippen molar-refractivity contribution in [3.05, 3.63) is 0 Å². The molecule has 0 aliphatic rings. The zero-order valence-electron chi connectivity index (χ0n) is 12.0. The first-order valence-corrected chi connectivity index (χ1v) is 6.65. The Morgan fingerprint density at radius 1 is 1.14 bits per heavy atom. The topological polar surface area (TPSA) is 125 Å². The van der Waals surface area contributed by atoms with Crippen LogP contribution in [0.1, 0.15) is 13.3 Å². The third-order valence-electron chi connectivity index (χ3n) is 2.44. The molecule has 0 aromatic heterocycles. The van der Waals surface area contributed by atoms with Crippen LogP contribution in [0, 0.1) is 18.3 Å². The standard InChI is InChI=1S/C13H17N3O5S/c1-3-4-14-10(18)6-15-11(19)7-16-13(22)9(8(2)17)5-12(20)21/h1,9H,4-7H2,2H3,(H,14,18)(H,15,19)(H,16,22)(H,20,21). The number of carbonyl (C=O) groups excluding carboxylic acids is 3. The highest BCUT2D eigenvalue weighted by atomic mass is 32.1. The SMILES string of the molecule is C#CCNC(=O)CNC(=O)CNC(=S)C(CC(=O)O)C(C)=O. The molecule has 1 unspecified atom stereocenters. The normalized spacial score (nSPS) is 10.7. The van der Waals surface area contributed by atoms with Gasteiger partial charge in [-0.1, -0.05) is 18.1 Å². The van der Waals surface area contributed by atoms with Crippen molar-refractivity contribution < 1.29 is 24.3 Å². The molecule has 4 N–H and O–H groups in total. The number of carbonyl (C=O) groups is 4. The van der Waals surface area contributed by atoms with E-state index in [1.165, 1.54) is 6.92 Å². The van der Waals surface area contributed by atoms with Gasteiger partial charge < -0.3 is 21.1 Å². The van der Waals surface area contributed by atoms with Gasteiger partial charge in [-0.25, -0.2) is 0 Å². The molecule has 0 spiro atoms. The van der Waals surface area contributed by atoms with Crippen LogP contribution < -0.4 is 16.0 Å². The van der Waals surface area contributed by atoms with E-state index in [2.05, 4.69) is 21.9 Å². The van der Waals surface area contributed by atoms with Crippen molar-refractivity contribution in [3.8, 4) is 12.3 Å². The Morgan fingerprint density at radius 3 is 2.18 bits per heavy atom. The fourth-order valence-corrected chi connectivity index (χ4v) is 1.66. The van der Waals surface area contributed by atoms with E-state index in [9.17, 15) is 19.2 Å². The summed E-state index contributed by atoms with van der Waals surface area (Å²) in [5.41, 5.74) is 0. The molecule has 8 nitrogen and oxygen atoms in total. The Balaban J connectivity index is 4.20. The van der Waals surface area contributed by atoms with Gasteiger partial charge in [-0.05, 0) is 6.92 Å². The minimum atomic E-state index is -1.17. The second-order valence-electron chi connectivity index (χ2n) is 4.24. The number of rotatable bonds is 9. The van der Waals surface area contributed by atoms with Gasteiger partial charge in [0.2, 0.25) is 11.8 Å². The molecule has 0 radical (unpaired) electrons. The molecule has 0 heterocycles. The van der Waals surface area contributed by atoms with E-state index in [4.69, 9.17) is 23.7 Å². The molecular weight excluding hydrogens is 310 g/mol. The van der Waals surface area contributed by atoms with Crippen molar-refractivity contribution in [2.24, 2.45) is 5.92 Å². The van der Waals surface area contributed by atoms with Crippen LogP contribution >= 0.6 is 12.2 Å². The number of hydrogen-bond acceptors (Lipinski definition) is 5. The largest absolute Gasteiger partial charge is 0.481 e. The Morgan fingerprint density at radius 2 is 1.68 bits per heavy atom. The van der Waals surface area contributed by atoms with Crippen molar-refractivity contribution in [2.75, 3.05) is 19.6 Å². The van der Waals surface area contributed by atoms with Crippen LogP contribution in [0.2, 0.25) is 0 Å². The molecule has 0 rings (SSSR count). The molecule has 0 saturated carbocycles. The summed E-state index contributed by atoms with van der Waals surface area (Å²) in [5.74, 6) is -1.33. The fourth-order valence-electron chi connectivity index (χ4n) is 1.34. The highest BCUT2D eigenvalue weighted by molar-refractivity contribution is 7.80. The number of Topliss-reactive ketones (excluding diaryl/α,β-unsaturated/α-hetero) is 1. The highest BCUT2D eigenvalue weighted by Crippen LogP contribution is 2.06. The molecule has 120 valence electrons. The molecule has 0 bridgehead atoms. The Hall–Kier alpha value is -2.47. The molecular formula is C13H17N3O5S. The fraction of sp³-hybridized carbons (Fsp3) is 0.462. The van der Waals surface area contributed by atoms with Crippen LogP contribution in [0.25, 0.3) is 0 Å². The summed E-state index contributed by atoms with van der Waals surface area (Å²) in [4.78, 5) is 44.6. The van der Waals surface area contributed by atoms with Gasteiger partial charge in [0.05, 0.1) is 37.0 Å². The van der Waals surface area contributed by atoms with E-state index in [-0.39, 0.29) is 24.6 Å². The number of ketones is 1. The molecule has 22 heavy (non-hydrogen) atoms. The monoisotopic (exact) mass is 327 g/mol. The molecule has 0 aliphatic carbocycles. The lowest BCUT2D eigenvalue weighted by Gasteiger charge is -2.14. The first-order chi connectivity index (χ1) is 10.3. The molecule has 2 amide bonds. The Bertz CT molecular complexity index is 512. The zero-order valence-corrected chi connectivity index (χ0v) is 12.8. The molecule has 0 saturated heterocycles. The van der Waals surface area contributed by atoms with Crippen molar-refractivity contribution >= 4 is 40.8 Å². The van der Waals surface area contributed by atoms with Crippen molar-refractivity contribution in [3.63, 3.8) is 0 Å². The maximum Gasteiger partial charge on any atom is 0.304 e. The van der Waals surface area contributed by atoms with Crippen LogP contribution in [0.15, 0.2) is 0 Å². The van der Waals surface area contributed by atoms with E-state index in [1.54, 1.807) is 0 Å². The molecule has 0 aromatic carbocycles. The number of nitrogens with one attached hydrogen (secondary N) is 3. The summed E-state index contributed by atoms with van der Waals surface area (Å²) >= 11 is 4.90. The molecule has 9 heteroatoms. The van der Waals surface area contributed by atoms with Crippen LogP contribution in [0.5, 0.6) is 0 Å². The first-order valence-electron chi connectivity index (χ1n) is 6.24. The summed E-state index contributed by atoms with van der Waals surface area (Å²) in [6.45, 7) is 0.759. The third kappa shape index (κ3) is 8.65. The minimum absolute atomic E-state index is 0.0261. The zero-order chi connectivity index (χ0) is 17.1. The molecule has 0 aliphatic heterocycles. The van der Waals surface area contributed by atoms with Crippen LogP contribution in [-0.2, 0) is 19.2 Å². The third-order valence-corrected chi connectivity index (χ3v) is 2.87. The van der Waals surface area contributed by atoms with Gasteiger partial charge in [0.1, 0.15) is 5.78 Å². The maximum atomic E-state index is 11.5. The molecule has 1 atom stereocenters. The number of aliphatic carboxylic acids is 1. The minimum Gasteiger partial charge on any atom is -0.481 e. The van der Waals surface area contributed by atoms with E-state index < -0.39 is 35.9 Å². The highest BCUT2D eigenvalue weighted by Gasteiger charge is 2.23. The summed E-state index contributed by atoms with van der Waals surface area (Å²) < 4.78 is 0. The summed E-state index contributed by atoms with van der Waals surface area (Å²) in [7, 11) is 0. The second-order valence-corrected chi connectivity index (χ2v) is 4.68. The van der Waals surface area contributed by atoms with Gasteiger partial charge in [-0.3, -0.25) is 19.2 Å². The smallest absolute Gasteiger partial charge is 0.304 e. The van der Waals surface area contributed by atoms with Crippen LogP contribution in [0.4, 0.5) is 0 Å². The number of amides is 2. The summed E-state index contributed by atoms with van der Waals surface area (Å²) in [6.07, 6.45) is 4.51. The molecule has 0 aromatic rings. The van der Waals surface area contributed by atoms with Gasteiger partial charge in [0.25, 0.3) is 0 Å². The van der Waals surface area contributed by atoms with Crippen LogP contribution in [0.3, 0.4) is 0 Å². The maximum absolute atomic E-state index is 11.5. The van der Waals surface area contributed by atoms with Crippen LogP contribution in [-0.4, -0.2) is 53.3 Å². The predicted molar refractivity (Wildman–Crippen MR) is 81.9 cm³/mol. The first kappa shape index (κ1) is 19.5. The lowest BCUT2D eigenvalue weighted by molar-refractivity contribution is -0.139. The number of thiocarbonyl (C=S) groups is 1. The van der Waals surface area contributed by atoms with E-state index in [0.717, 1.165) is 0 Å². The Kier molecular flexibility index (Phi) is 9.13. The van der Waals surface area contributed by atoms with E-state index in [0.29, 0.717) is 0 Å². The lowest BCUT2D eigenvalue weighted by atomic mass is 10.0. The summed E-state index contributed by atoms with van der Waals surface area (Å²) in [6, 6.07) is 0. The Labute approximate surface area is 133 Å². The second kappa shape index (κ2) is 10.3. The predicted octanol–water partition coefficient (Wildman–Crippen LogP) is -1.55. The number of terminal acetylenes is 1. The average molecular weight is 327 g/mol. The van der Waals surface area contributed by atoms with Gasteiger partial charge in [0, 0.05) is 0 Å². The quantitative estimate of drug-likeness (QED) is 0.298.